The van der Waals surface area contributed by atoms with Gasteiger partial charge < -0.3 is 10.3 Å². The molecule has 7 rings (SSSR count). The van der Waals surface area contributed by atoms with Gasteiger partial charge in [0.1, 0.15) is 11.2 Å². The highest BCUT2D eigenvalue weighted by molar-refractivity contribution is 7.13. The Labute approximate surface area is 226 Å². The number of H-pyrrole nitrogens is 2. The molecule has 9 nitrogen and oxygen atoms in total. The van der Waals surface area contributed by atoms with Crippen LogP contribution in [0.25, 0.3) is 55.2 Å². The molecule has 0 spiro atoms. The molecule has 3 N–H and O–H groups in total. The smallest absolute Gasteiger partial charge is 0.228 e. The predicted octanol–water partition coefficient (Wildman–Crippen LogP) is 5.87. The lowest BCUT2D eigenvalue weighted by Gasteiger charge is -2.07. The second-order valence-corrected chi connectivity index (χ2v) is 9.96. The second kappa shape index (κ2) is 9.58. The van der Waals surface area contributed by atoms with Gasteiger partial charge in [0, 0.05) is 40.2 Å². The van der Waals surface area contributed by atoms with Gasteiger partial charge in [-0.2, -0.15) is 5.10 Å². The minimum atomic E-state index is -0.104. The van der Waals surface area contributed by atoms with Gasteiger partial charge in [0.15, 0.2) is 11.5 Å². The molecule has 0 saturated carbocycles. The number of rotatable bonds is 6. The molecule has 7 aromatic rings. The number of pyridine rings is 3. The number of thiophene rings is 1. The van der Waals surface area contributed by atoms with Gasteiger partial charge in [0.05, 0.1) is 35.4 Å². The maximum atomic E-state index is 12.6. The molecular weight excluding hydrogens is 508 g/mol. The summed E-state index contributed by atoms with van der Waals surface area (Å²) in [5.74, 6) is 0.546. The molecule has 0 bridgehead atoms. The number of nitrogens with one attached hydrogen (secondary N) is 3. The molecule has 0 radical (unpaired) electrons. The van der Waals surface area contributed by atoms with E-state index in [0.29, 0.717) is 17.2 Å². The molecule has 6 aromatic heterocycles. The van der Waals surface area contributed by atoms with E-state index in [4.69, 9.17) is 4.98 Å². The molecule has 6 heterocycles. The summed E-state index contributed by atoms with van der Waals surface area (Å²) in [6, 6.07) is 17.6. The Morgan fingerprint density at radius 1 is 0.923 bits per heavy atom. The van der Waals surface area contributed by atoms with Gasteiger partial charge >= 0.3 is 0 Å². The molecule has 1 amide bonds. The Balaban J connectivity index is 1.21. The number of imidazole rings is 1. The van der Waals surface area contributed by atoms with Crippen LogP contribution in [-0.4, -0.2) is 41.0 Å². The highest BCUT2D eigenvalue weighted by atomic mass is 32.1. The van der Waals surface area contributed by atoms with Crippen molar-refractivity contribution in [2.75, 3.05) is 5.32 Å². The van der Waals surface area contributed by atoms with Crippen molar-refractivity contribution in [1.29, 1.82) is 0 Å². The van der Waals surface area contributed by atoms with Crippen molar-refractivity contribution in [3.05, 3.63) is 96.5 Å². The van der Waals surface area contributed by atoms with Crippen LogP contribution in [0.1, 0.15) is 5.56 Å². The Morgan fingerprint density at radius 3 is 2.67 bits per heavy atom. The first kappa shape index (κ1) is 22.9. The van der Waals surface area contributed by atoms with Crippen LogP contribution in [0.3, 0.4) is 0 Å². The average molecular weight is 529 g/mol. The molecule has 0 aliphatic carbocycles. The van der Waals surface area contributed by atoms with Crippen molar-refractivity contribution < 1.29 is 4.79 Å². The Hall–Kier alpha value is -5.22. The third kappa shape index (κ3) is 4.42. The van der Waals surface area contributed by atoms with E-state index in [1.165, 1.54) is 0 Å². The SMILES string of the molecule is O=C(Cc1ccccc1)Nc1cncc(-c2cnc3n[nH]c(-c4nc5c(-c6cccs6)cncc5[nH]4)c3c2)c1. The fourth-order valence-electron chi connectivity index (χ4n) is 4.55. The van der Waals surface area contributed by atoms with Crippen molar-refractivity contribution in [1.82, 2.24) is 35.1 Å². The number of fused-ring (bicyclic) bond motifs is 2. The highest BCUT2D eigenvalue weighted by Crippen LogP contribution is 2.33. The summed E-state index contributed by atoms with van der Waals surface area (Å²) in [6.07, 6.45) is 9.02. The molecule has 0 saturated heterocycles. The molecule has 0 aliphatic heterocycles. The van der Waals surface area contributed by atoms with E-state index >= 15 is 0 Å². The predicted molar refractivity (Wildman–Crippen MR) is 152 cm³/mol. The van der Waals surface area contributed by atoms with E-state index in [1.807, 2.05) is 60.1 Å². The van der Waals surface area contributed by atoms with Crippen molar-refractivity contribution in [2.45, 2.75) is 6.42 Å². The zero-order valence-electron chi connectivity index (χ0n) is 20.4. The zero-order chi connectivity index (χ0) is 26.2. The molecule has 0 aliphatic rings. The number of hydrogen-bond acceptors (Lipinski definition) is 7. The van der Waals surface area contributed by atoms with Gasteiger partial charge in [-0.25, -0.2) is 9.97 Å². The summed E-state index contributed by atoms with van der Waals surface area (Å²) in [7, 11) is 0. The van der Waals surface area contributed by atoms with Crippen LogP contribution in [0.4, 0.5) is 5.69 Å². The first-order chi connectivity index (χ1) is 19.2. The van der Waals surface area contributed by atoms with E-state index < -0.39 is 0 Å². The van der Waals surface area contributed by atoms with E-state index in [2.05, 4.69) is 41.5 Å². The van der Waals surface area contributed by atoms with Crippen molar-refractivity contribution in [3.8, 4) is 33.1 Å². The molecule has 10 heteroatoms. The summed E-state index contributed by atoms with van der Waals surface area (Å²) >= 11 is 1.65. The number of aromatic amines is 2. The van der Waals surface area contributed by atoms with E-state index in [9.17, 15) is 4.79 Å². The summed E-state index contributed by atoms with van der Waals surface area (Å²) in [6.45, 7) is 0. The van der Waals surface area contributed by atoms with Crippen LogP contribution >= 0.6 is 11.3 Å². The summed E-state index contributed by atoms with van der Waals surface area (Å²) < 4.78 is 0. The van der Waals surface area contributed by atoms with Crippen LogP contribution in [0.15, 0.2) is 91.0 Å². The molecule has 1 aromatic carbocycles. The van der Waals surface area contributed by atoms with Crippen LogP contribution in [-0.2, 0) is 11.2 Å². The maximum Gasteiger partial charge on any atom is 0.228 e. The van der Waals surface area contributed by atoms with Crippen LogP contribution in [0.5, 0.6) is 0 Å². The number of carbonyl (C=O) groups excluding carboxylic acids is 1. The Morgan fingerprint density at radius 2 is 1.79 bits per heavy atom. The van der Waals surface area contributed by atoms with Crippen LogP contribution in [0.2, 0.25) is 0 Å². The number of nitrogens with zero attached hydrogens (tertiary/aromatic N) is 5. The minimum Gasteiger partial charge on any atom is -0.335 e. The van der Waals surface area contributed by atoms with Crippen LogP contribution < -0.4 is 5.32 Å². The number of carbonyl (C=O) groups is 1. The zero-order valence-corrected chi connectivity index (χ0v) is 21.2. The number of amides is 1. The van der Waals surface area contributed by atoms with E-state index in [0.717, 1.165) is 49.2 Å². The topological polar surface area (TPSA) is 125 Å². The fraction of sp³-hybridized carbons (Fsp3) is 0.0345. The monoisotopic (exact) mass is 528 g/mol. The van der Waals surface area contributed by atoms with Gasteiger partial charge in [0.2, 0.25) is 5.91 Å². The quantitative estimate of drug-likeness (QED) is 0.248. The highest BCUT2D eigenvalue weighted by Gasteiger charge is 2.17. The number of aromatic nitrogens is 7. The minimum absolute atomic E-state index is 0.104. The maximum absolute atomic E-state index is 12.6. The molecule has 0 atom stereocenters. The number of benzene rings is 1. The fourth-order valence-corrected chi connectivity index (χ4v) is 5.29. The lowest BCUT2D eigenvalue weighted by atomic mass is 10.1. The van der Waals surface area contributed by atoms with Gasteiger partial charge in [0.25, 0.3) is 0 Å². The lowest BCUT2D eigenvalue weighted by molar-refractivity contribution is -0.115. The molecule has 0 unspecified atom stereocenters. The van der Waals surface area contributed by atoms with Crippen molar-refractivity contribution >= 4 is 45.0 Å². The van der Waals surface area contributed by atoms with Crippen LogP contribution in [0, 0.1) is 0 Å². The summed E-state index contributed by atoms with van der Waals surface area (Å²) in [5.41, 5.74) is 7.20. The van der Waals surface area contributed by atoms with E-state index in [-0.39, 0.29) is 12.3 Å². The van der Waals surface area contributed by atoms with Gasteiger partial charge in [-0.1, -0.05) is 36.4 Å². The molecule has 0 fully saturated rings. The third-order valence-corrected chi connectivity index (χ3v) is 7.29. The Kier molecular flexibility index (Phi) is 5.64. The van der Waals surface area contributed by atoms with Gasteiger partial charge in [-0.05, 0) is 29.1 Å². The standard InChI is InChI=1S/C29H20N8OS/c38-25(9-17-5-2-1-3-6-17)33-20-10-18(12-30-14-20)19-11-21-27(36-37-28(21)32-13-19)29-34-23-16-31-15-22(26(23)35-29)24-7-4-8-39-24/h1-8,10-16H,9H2,(H,33,38)(H,34,35)(H,32,36,37). The number of anilines is 1. The number of hydrogen-bond donors (Lipinski definition) is 3. The molecule has 188 valence electrons. The first-order valence-electron chi connectivity index (χ1n) is 12.2. The summed E-state index contributed by atoms with van der Waals surface area (Å²) in [5, 5.41) is 13.3. The lowest BCUT2D eigenvalue weighted by Crippen LogP contribution is -2.14. The van der Waals surface area contributed by atoms with Crippen molar-refractivity contribution in [2.24, 2.45) is 0 Å². The Bertz CT molecular complexity index is 1940. The van der Waals surface area contributed by atoms with Gasteiger partial charge in [-0.15, -0.1) is 11.3 Å². The van der Waals surface area contributed by atoms with Gasteiger partial charge in [-0.3, -0.25) is 19.9 Å². The first-order valence-corrected chi connectivity index (χ1v) is 13.1. The average Bonchev–Trinajstić information content (AvgIpc) is 3.73. The second-order valence-electron chi connectivity index (χ2n) is 9.01. The van der Waals surface area contributed by atoms with E-state index in [1.54, 1.807) is 36.1 Å². The summed E-state index contributed by atoms with van der Waals surface area (Å²) in [4.78, 5) is 35.2. The third-order valence-electron chi connectivity index (χ3n) is 6.39. The van der Waals surface area contributed by atoms with Crippen molar-refractivity contribution in [3.63, 3.8) is 0 Å². The molecular formula is C29H20N8OS. The molecule has 39 heavy (non-hydrogen) atoms. The largest absolute Gasteiger partial charge is 0.335 e. The normalized spacial score (nSPS) is 11.3.